The number of amides is 1. The van der Waals surface area contributed by atoms with Gasteiger partial charge in [0.1, 0.15) is 5.82 Å². The molecule has 0 spiro atoms. The van der Waals surface area contributed by atoms with Crippen LogP contribution in [0.3, 0.4) is 0 Å². The van der Waals surface area contributed by atoms with Crippen LogP contribution in [0.1, 0.15) is 48.8 Å². The Kier molecular flexibility index (Phi) is 3.60. The molecule has 1 aromatic carbocycles. The molecule has 2 aromatic rings. The smallest absolute Gasteiger partial charge is 0.253 e. The average Bonchev–Trinajstić information content (AvgIpc) is 2.84. The van der Waals surface area contributed by atoms with E-state index in [9.17, 15) is 4.79 Å². The largest absolute Gasteiger partial charge is 0.350 e. The van der Waals surface area contributed by atoms with Gasteiger partial charge in [0.2, 0.25) is 0 Å². The van der Waals surface area contributed by atoms with Gasteiger partial charge >= 0.3 is 0 Å². The maximum atomic E-state index is 12.2. The lowest BCUT2D eigenvalue weighted by Crippen LogP contribution is -2.38. The number of carbonyl (C=O) groups is 1. The van der Waals surface area contributed by atoms with Crippen LogP contribution in [0.2, 0.25) is 0 Å². The van der Waals surface area contributed by atoms with Gasteiger partial charge in [0.05, 0.1) is 16.6 Å². The SMILES string of the molecule is CC(C)N1CCC(c2nc3cccc4c3n2CCNC4=O)CC1. The first-order valence-electron chi connectivity index (χ1n) is 8.66. The molecule has 2 aliphatic heterocycles. The summed E-state index contributed by atoms with van der Waals surface area (Å²) >= 11 is 0. The van der Waals surface area contributed by atoms with E-state index in [1.807, 2.05) is 18.2 Å². The van der Waals surface area contributed by atoms with Crippen molar-refractivity contribution in [3.63, 3.8) is 0 Å². The lowest BCUT2D eigenvalue weighted by Gasteiger charge is -2.34. The Hall–Kier alpha value is -1.88. The van der Waals surface area contributed by atoms with Crippen molar-refractivity contribution in [2.75, 3.05) is 19.6 Å². The minimum Gasteiger partial charge on any atom is -0.350 e. The Morgan fingerprint density at radius 1 is 1.22 bits per heavy atom. The highest BCUT2D eigenvalue weighted by Crippen LogP contribution is 2.32. The number of aromatic nitrogens is 2. The van der Waals surface area contributed by atoms with Crippen molar-refractivity contribution in [2.45, 2.75) is 45.2 Å². The van der Waals surface area contributed by atoms with E-state index < -0.39 is 0 Å². The number of benzene rings is 1. The highest BCUT2D eigenvalue weighted by Gasteiger charge is 2.28. The Bertz CT molecular complexity index is 741. The monoisotopic (exact) mass is 312 g/mol. The van der Waals surface area contributed by atoms with E-state index in [0.717, 1.165) is 49.1 Å². The molecular formula is C18H24N4O. The predicted molar refractivity (Wildman–Crippen MR) is 90.8 cm³/mol. The van der Waals surface area contributed by atoms with Crippen LogP contribution >= 0.6 is 0 Å². The van der Waals surface area contributed by atoms with E-state index in [4.69, 9.17) is 4.98 Å². The molecular weight excluding hydrogens is 288 g/mol. The third-order valence-electron chi connectivity index (χ3n) is 5.29. The van der Waals surface area contributed by atoms with Gasteiger partial charge in [-0.15, -0.1) is 0 Å². The normalized spacial score (nSPS) is 20.0. The van der Waals surface area contributed by atoms with E-state index in [2.05, 4.69) is 28.6 Å². The summed E-state index contributed by atoms with van der Waals surface area (Å²) in [4.78, 5) is 19.7. The predicted octanol–water partition coefficient (Wildman–Crippen LogP) is 2.37. The number of piperidine rings is 1. The summed E-state index contributed by atoms with van der Waals surface area (Å²) in [7, 11) is 0. The summed E-state index contributed by atoms with van der Waals surface area (Å²) in [5.41, 5.74) is 2.74. The molecule has 0 aliphatic carbocycles. The quantitative estimate of drug-likeness (QED) is 0.926. The van der Waals surface area contributed by atoms with Crippen molar-refractivity contribution >= 4 is 16.9 Å². The Morgan fingerprint density at radius 3 is 2.74 bits per heavy atom. The number of para-hydroxylation sites is 1. The van der Waals surface area contributed by atoms with Crippen LogP contribution in [0.5, 0.6) is 0 Å². The first-order valence-corrected chi connectivity index (χ1v) is 8.66. The van der Waals surface area contributed by atoms with Crippen molar-refractivity contribution in [2.24, 2.45) is 0 Å². The van der Waals surface area contributed by atoms with Gasteiger partial charge in [0, 0.05) is 25.0 Å². The molecule has 0 unspecified atom stereocenters. The zero-order valence-electron chi connectivity index (χ0n) is 13.9. The maximum absolute atomic E-state index is 12.2. The molecule has 122 valence electrons. The first kappa shape index (κ1) is 14.7. The summed E-state index contributed by atoms with van der Waals surface area (Å²) in [5.74, 6) is 1.70. The molecule has 1 amide bonds. The minimum absolute atomic E-state index is 0.0235. The molecule has 1 N–H and O–H groups in total. The molecule has 2 aliphatic rings. The molecule has 0 bridgehead atoms. The molecule has 4 rings (SSSR count). The summed E-state index contributed by atoms with van der Waals surface area (Å²) in [6.45, 7) is 8.30. The van der Waals surface area contributed by atoms with E-state index in [1.165, 1.54) is 5.82 Å². The Labute approximate surface area is 136 Å². The molecule has 0 saturated carbocycles. The molecule has 1 aromatic heterocycles. The van der Waals surface area contributed by atoms with Gasteiger partial charge in [-0.3, -0.25) is 4.79 Å². The standard InChI is InChI=1S/C18H24N4O/c1-12(2)21-9-6-13(7-10-21)17-20-15-5-3-4-14-16(15)22(17)11-8-19-18(14)23/h3-5,12-13H,6-11H2,1-2H3,(H,19,23). The molecule has 1 saturated heterocycles. The minimum atomic E-state index is 0.0235. The maximum Gasteiger partial charge on any atom is 0.253 e. The molecule has 0 radical (unpaired) electrons. The fourth-order valence-corrected chi connectivity index (χ4v) is 3.98. The number of carbonyl (C=O) groups excluding carboxylic acids is 1. The number of hydrogen-bond donors (Lipinski definition) is 1. The van der Waals surface area contributed by atoms with Gasteiger partial charge in [-0.05, 0) is 51.9 Å². The second kappa shape index (κ2) is 5.64. The number of hydrogen-bond acceptors (Lipinski definition) is 3. The van der Waals surface area contributed by atoms with Crippen molar-refractivity contribution in [1.29, 1.82) is 0 Å². The second-order valence-electron chi connectivity index (χ2n) is 6.95. The van der Waals surface area contributed by atoms with Crippen LogP contribution in [0.15, 0.2) is 18.2 Å². The van der Waals surface area contributed by atoms with E-state index in [-0.39, 0.29) is 5.91 Å². The van der Waals surface area contributed by atoms with Crippen molar-refractivity contribution < 1.29 is 4.79 Å². The number of nitrogens with one attached hydrogen (secondary N) is 1. The number of rotatable bonds is 2. The van der Waals surface area contributed by atoms with Crippen LogP contribution < -0.4 is 5.32 Å². The van der Waals surface area contributed by atoms with Gasteiger partial charge in [-0.2, -0.15) is 0 Å². The summed E-state index contributed by atoms with van der Waals surface area (Å²) in [5, 5.41) is 2.99. The highest BCUT2D eigenvalue weighted by molar-refractivity contribution is 6.05. The van der Waals surface area contributed by atoms with Crippen molar-refractivity contribution in [3.05, 3.63) is 29.6 Å². The average molecular weight is 312 g/mol. The second-order valence-corrected chi connectivity index (χ2v) is 6.95. The fourth-order valence-electron chi connectivity index (χ4n) is 3.98. The van der Waals surface area contributed by atoms with E-state index in [0.29, 0.717) is 18.5 Å². The molecule has 5 nitrogen and oxygen atoms in total. The summed E-state index contributed by atoms with van der Waals surface area (Å²) in [6, 6.07) is 6.49. The molecule has 5 heteroatoms. The lowest BCUT2D eigenvalue weighted by molar-refractivity contribution is 0.0956. The Balaban J connectivity index is 1.73. The van der Waals surface area contributed by atoms with Crippen LogP contribution in [0, 0.1) is 0 Å². The van der Waals surface area contributed by atoms with Crippen LogP contribution in [0.4, 0.5) is 0 Å². The van der Waals surface area contributed by atoms with Crippen molar-refractivity contribution in [1.82, 2.24) is 19.8 Å². The number of likely N-dealkylation sites (tertiary alicyclic amines) is 1. The third kappa shape index (κ3) is 2.43. The summed E-state index contributed by atoms with van der Waals surface area (Å²) < 4.78 is 2.29. The first-order chi connectivity index (χ1) is 11.1. The van der Waals surface area contributed by atoms with Crippen LogP contribution in [-0.2, 0) is 6.54 Å². The van der Waals surface area contributed by atoms with Gasteiger partial charge < -0.3 is 14.8 Å². The van der Waals surface area contributed by atoms with Gasteiger partial charge in [0.25, 0.3) is 5.91 Å². The molecule has 3 heterocycles. The number of imidazole rings is 1. The van der Waals surface area contributed by atoms with Crippen molar-refractivity contribution in [3.8, 4) is 0 Å². The Morgan fingerprint density at radius 2 is 2.00 bits per heavy atom. The van der Waals surface area contributed by atoms with Gasteiger partial charge in [-0.25, -0.2) is 4.98 Å². The molecule has 0 atom stereocenters. The highest BCUT2D eigenvalue weighted by atomic mass is 16.1. The zero-order valence-corrected chi connectivity index (χ0v) is 13.9. The lowest BCUT2D eigenvalue weighted by atomic mass is 9.95. The summed E-state index contributed by atoms with van der Waals surface area (Å²) in [6.07, 6.45) is 2.30. The fraction of sp³-hybridized carbons (Fsp3) is 0.556. The van der Waals surface area contributed by atoms with E-state index >= 15 is 0 Å². The van der Waals surface area contributed by atoms with E-state index in [1.54, 1.807) is 0 Å². The molecule has 1 fully saturated rings. The molecule has 23 heavy (non-hydrogen) atoms. The zero-order chi connectivity index (χ0) is 16.0. The third-order valence-corrected chi connectivity index (χ3v) is 5.29. The number of nitrogens with zero attached hydrogens (tertiary/aromatic N) is 3. The van der Waals surface area contributed by atoms with Crippen LogP contribution in [0.25, 0.3) is 11.0 Å². The van der Waals surface area contributed by atoms with Crippen LogP contribution in [-0.4, -0.2) is 46.0 Å². The van der Waals surface area contributed by atoms with Gasteiger partial charge in [0.15, 0.2) is 0 Å². The topological polar surface area (TPSA) is 50.2 Å². The van der Waals surface area contributed by atoms with Gasteiger partial charge in [-0.1, -0.05) is 6.07 Å².